The number of nitrogens with zero attached hydrogens (tertiary/aromatic N) is 9. The molecule has 1 amide bonds. The molecule has 12 nitrogen and oxygen atoms in total. The van der Waals surface area contributed by atoms with Crippen LogP contribution >= 0.6 is 23.2 Å². The van der Waals surface area contributed by atoms with E-state index in [-0.39, 0.29) is 11.7 Å². The standard InChI is InChI=1S/C17H18ClN5O2.C12H10ClN5/c1-17(2,3)25-16(24)22(11-12-5-4-7-19-10-12)15-9-13(18)21-14-6-8-20-23(14)15;13-10-6-12(18-11(17-10)3-5-16-18)15-8-9-2-1-4-14-7-9/h4-10H,11H2,1-3H3;1-7,15H,8H2. The van der Waals surface area contributed by atoms with Gasteiger partial charge in [-0.05, 0) is 44.0 Å². The summed E-state index contributed by atoms with van der Waals surface area (Å²) in [4.78, 5) is 30.8. The zero-order valence-electron chi connectivity index (χ0n) is 23.6. The highest BCUT2D eigenvalue weighted by Gasteiger charge is 2.26. The SMILES string of the molecule is CC(C)(C)OC(=O)N(Cc1cccnc1)c1cc(Cl)nc2ccnn12.Clc1cc(NCc2cccnc2)n2nccc2n1. The number of aromatic nitrogens is 8. The van der Waals surface area contributed by atoms with Crippen LogP contribution in [-0.2, 0) is 17.8 Å². The van der Waals surface area contributed by atoms with Gasteiger partial charge in [-0.3, -0.25) is 14.9 Å². The second kappa shape index (κ2) is 13.0. The first kappa shape index (κ1) is 29.7. The second-order valence-corrected chi connectivity index (χ2v) is 11.0. The molecule has 0 saturated carbocycles. The van der Waals surface area contributed by atoms with Crippen molar-refractivity contribution in [1.82, 2.24) is 39.2 Å². The van der Waals surface area contributed by atoms with Gasteiger partial charge in [0.2, 0.25) is 0 Å². The molecule has 0 aliphatic heterocycles. The Kier molecular flexibility index (Phi) is 8.98. The smallest absolute Gasteiger partial charge is 0.416 e. The van der Waals surface area contributed by atoms with Crippen LogP contribution in [0.5, 0.6) is 0 Å². The lowest BCUT2D eigenvalue weighted by Crippen LogP contribution is -2.37. The van der Waals surface area contributed by atoms with Gasteiger partial charge < -0.3 is 10.1 Å². The quantitative estimate of drug-likeness (QED) is 0.220. The summed E-state index contributed by atoms with van der Waals surface area (Å²) < 4.78 is 8.81. The Bertz CT molecular complexity index is 1820. The molecule has 0 saturated heterocycles. The van der Waals surface area contributed by atoms with E-state index in [1.165, 1.54) is 4.90 Å². The molecule has 0 unspecified atom stereocenters. The van der Waals surface area contributed by atoms with Gasteiger partial charge >= 0.3 is 6.09 Å². The van der Waals surface area contributed by atoms with E-state index in [0.29, 0.717) is 23.2 Å². The first-order valence-corrected chi connectivity index (χ1v) is 13.9. The van der Waals surface area contributed by atoms with Crippen LogP contribution in [0.15, 0.2) is 85.7 Å². The lowest BCUT2D eigenvalue weighted by molar-refractivity contribution is 0.0575. The van der Waals surface area contributed by atoms with Gasteiger partial charge in [0.25, 0.3) is 0 Å². The highest BCUT2D eigenvalue weighted by Crippen LogP contribution is 2.24. The molecule has 0 aliphatic rings. The molecule has 0 spiro atoms. The van der Waals surface area contributed by atoms with Gasteiger partial charge in [0, 0.05) is 55.6 Å². The third-order valence-corrected chi connectivity index (χ3v) is 6.18. The van der Waals surface area contributed by atoms with Crippen LogP contribution in [0.25, 0.3) is 11.3 Å². The van der Waals surface area contributed by atoms with E-state index < -0.39 is 11.7 Å². The molecule has 6 rings (SSSR count). The summed E-state index contributed by atoms with van der Waals surface area (Å²) in [7, 11) is 0. The highest BCUT2D eigenvalue weighted by atomic mass is 35.5. The van der Waals surface area contributed by atoms with Gasteiger partial charge in [-0.2, -0.15) is 19.2 Å². The summed E-state index contributed by atoms with van der Waals surface area (Å²) in [5, 5.41) is 12.4. The van der Waals surface area contributed by atoms with Gasteiger partial charge in [-0.1, -0.05) is 35.3 Å². The molecule has 0 bridgehead atoms. The number of anilines is 2. The number of rotatable bonds is 6. The summed E-state index contributed by atoms with van der Waals surface area (Å²) >= 11 is 12.1. The van der Waals surface area contributed by atoms with Crippen LogP contribution in [0.1, 0.15) is 31.9 Å². The molecule has 6 aromatic heterocycles. The average Bonchev–Trinajstić information content (AvgIpc) is 3.64. The summed E-state index contributed by atoms with van der Waals surface area (Å²) in [5.74, 6) is 1.27. The zero-order chi connectivity index (χ0) is 30.4. The Hall–Kier alpha value is -4.81. The number of hydrogen-bond donors (Lipinski definition) is 1. The van der Waals surface area contributed by atoms with Crippen molar-refractivity contribution in [3.8, 4) is 0 Å². The summed E-state index contributed by atoms with van der Waals surface area (Å²) in [6.45, 7) is 6.36. The highest BCUT2D eigenvalue weighted by molar-refractivity contribution is 6.30. The topological polar surface area (TPSA) is 128 Å². The molecule has 0 aromatic carbocycles. The average molecular weight is 620 g/mol. The van der Waals surface area contributed by atoms with Crippen molar-refractivity contribution < 1.29 is 9.53 Å². The summed E-state index contributed by atoms with van der Waals surface area (Å²) in [5.41, 5.74) is 2.57. The lowest BCUT2D eigenvalue weighted by atomic mass is 10.2. The fourth-order valence-corrected chi connectivity index (χ4v) is 4.37. The number of halogens is 2. The lowest BCUT2D eigenvalue weighted by Gasteiger charge is -2.27. The molecule has 6 aromatic rings. The van der Waals surface area contributed by atoms with Crippen molar-refractivity contribution in [2.75, 3.05) is 10.2 Å². The van der Waals surface area contributed by atoms with Crippen molar-refractivity contribution in [2.45, 2.75) is 39.5 Å². The van der Waals surface area contributed by atoms with Crippen LogP contribution in [-0.4, -0.2) is 50.9 Å². The van der Waals surface area contributed by atoms with Crippen molar-refractivity contribution in [3.05, 3.63) is 107 Å². The number of hydrogen-bond acceptors (Lipinski definition) is 9. The Balaban J connectivity index is 0.000000180. The number of carbonyl (C=O) groups excluding carboxylic acids is 1. The van der Waals surface area contributed by atoms with Gasteiger partial charge in [0.05, 0.1) is 18.9 Å². The van der Waals surface area contributed by atoms with Crippen molar-refractivity contribution in [2.24, 2.45) is 0 Å². The number of pyridine rings is 2. The van der Waals surface area contributed by atoms with Gasteiger partial charge in [0.1, 0.15) is 27.5 Å². The number of ether oxygens (including phenoxy) is 1. The third kappa shape index (κ3) is 7.73. The number of fused-ring (bicyclic) bond motifs is 2. The number of carbonyl (C=O) groups is 1. The maximum atomic E-state index is 12.8. The Morgan fingerprint density at radius 1 is 0.860 bits per heavy atom. The fourth-order valence-electron chi connectivity index (χ4n) is 3.99. The van der Waals surface area contributed by atoms with Crippen LogP contribution in [0.4, 0.5) is 16.4 Å². The minimum atomic E-state index is -0.635. The minimum Gasteiger partial charge on any atom is -0.443 e. The van der Waals surface area contributed by atoms with Crippen molar-refractivity contribution in [1.29, 1.82) is 0 Å². The van der Waals surface area contributed by atoms with Crippen LogP contribution < -0.4 is 10.2 Å². The molecule has 1 N–H and O–H groups in total. The predicted molar refractivity (Wildman–Crippen MR) is 164 cm³/mol. The molecule has 220 valence electrons. The maximum absolute atomic E-state index is 12.8. The Morgan fingerprint density at radius 2 is 1.47 bits per heavy atom. The molecule has 0 fully saturated rings. The first-order valence-electron chi connectivity index (χ1n) is 13.2. The molecule has 43 heavy (non-hydrogen) atoms. The monoisotopic (exact) mass is 618 g/mol. The van der Waals surface area contributed by atoms with E-state index in [1.54, 1.807) is 64.3 Å². The fraction of sp³-hybridized carbons (Fsp3) is 0.207. The van der Waals surface area contributed by atoms with Crippen molar-refractivity contribution in [3.63, 3.8) is 0 Å². The number of amides is 1. The van der Waals surface area contributed by atoms with E-state index >= 15 is 0 Å². The number of nitrogens with one attached hydrogen (secondary N) is 1. The molecule has 6 heterocycles. The largest absolute Gasteiger partial charge is 0.443 e. The minimum absolute atomic E-state index is 0.262. The van der Waals surface area contributed by atoms with Gasteiger partial charge in [-0.25, -0.2) is 14.8 Å². The van der Waals surface area contributed by atoms with Crippen molar-refractivity contribution >= 4 is 52.2 Å². The van der Waals surface area contributed by atoms with Gasteiger partial charge in [0.15, 0.2) is 11.3 Å². The molecule has 0 atom stereocenters. The second-order valence-electron chi connectivity index (χ2n) is 10.2. The molecular formula is C29H28Cl2N10O2. The predicted octanol–water partition coefficient (Wildman–Crippen LogP) is 6.11. The molecule has 0 aliphatic carbocycles. The van der Waals surface area contributed by atoms with Gasteiger partial charge in [-0.15, -0.1) is 0 Å². The summed E-state index contributed by atoms with van der Waals surface area (Å²) in [6, 6.07) is 14.5. The van der Waals surface area contributed by atoms with E-state index in [4.69, 9.17) is 27.9 Å². The molecule has 0 radical (unpaired) electrons. The third-order valence-electron chi connectivity index (χ3n) is 5.79. The van der Waals surface area contributed by atoms with Crippen LogP contribution in [0.2, 0.25) is 10.3 Å². The Morgan fingerprint density at radius 3 is 2.09 bits per heavy atom. The maximum Gasteiger partial charge on any atom is 0.416 e. The summed E-state index contributed by atoms with van der Waals surface area (Å²) in [6.07, 6.45) is 9.72. The van der Waals surface area contributed by atoms with Crippen LogP contribution in [0.3, 0.4) is 0 Å². The van der Waals surface area contributed by atoms with E-state index in [0.717, 1.165) is 22.6 Å². The van der Waals surface area contributed by atoms with Crippen LogP contribution in [0, 0.1) is 0 Å². The van der Waals surface area contributed by atoms with E-state index in [1.807, 2.05) is 51.2 Å². The normalized spacial score (nSPS) is 11.2. The zero-order valence-corrected chi connectivity index (χ0v) is 25.1. The molecule has 14 heteroatoms. The molecular weight excluding hydrogens is 591 g/mol. The van der Waals surface area contributed by atoms with E-state index in [9.17, 15) is 4.79 Å². The Labute approximate surface area is 257 Å². The first-order chi connectivity index (χ1) is 20.7. The van der Waals surface area contributed by atoms with E-state index in [2.05, 4.69) is 35.5 Å².